The number of hydrogen-bond acceptors (Lipinski definition) is 10. The van der Waals surface area contributed by atoms with Crippen molar-refractivity contribution in [2.75, 3.05) is 43.4 Å². The molecule has 0 atom stereocenters. The van der Waals surface area contributed by atoms with Crippen LogP contribution in [0.4, 0.5) is 5.95 Å². The van der Waals surface area contributed by atoms with Crippen LogP contribution in [0.25, 0.3) is 10.2 Å². The van der Waals surface area contributed by atoms with E-state index < -0.39 is 15.6 Å². The molecule has 3 aromatic rings. The van der Waals surface area contributed by atoms with Crippen molar-refractivity contribution in [3.63, 3.8) is 0 Å². The number of sulfonamides is 1. The number of carbonyl (C=O) groups excluding carboxylic acids is 1. The van der Waals surface area contributed by atoms with Crippen molar-refractivity contribution in [2.24, 2.45) is 0 Å². The first-order valence-corrected chi connectivity index (χ1v) is 18.5. The van der Waals surface area contributed by atoms with Crippen LogP contribution in [0, 0.1) is 0 Å². The third kappa shape index (κ3) is 9.34. The number of anilines is 1. The first-order chi connectivity index (χ1) is 21.5. The number of aryl methyl sites for hydroxylation is 1. The Balaban J connectivity index is 1.08. The molecule has 1 amide bonds. The second-order valence-electron chi connectivity index (χ2n) is 12.8. The molecule has 13 heteroatoms. The lowest BCUT2D eigenvalue weighted by Crippen LogP contribution is -2.40. The molecule has 0 unspecified atom stereocenters. The number of benzene rings is 1. The maximum Gasteiger partial charge on any atom is 0.274 e. The molecule has 5 rings (SSSR count). The van der Waals surface area contributed by atoms with E-state index in [1.165, 1.54) is 11.1 Å². The molecule has 0 saturated carbocycles. The molecule has 11 nitrogen and oxygen atoms in total. The topological polar surface area (TPSA) is 138 Å². The normalized spacial score (nSPS) is 17.6. The van der Waals surface area contributed by atoms with Gasteiger partial charge >= 0.3 is 0 Å². The molecule has 45 heavy (non-hydrogen) atoms. The second-order valence-corrected chi connectivity index (χ2v) is 15.9. The first kappa shape index (κ1) is 33.5. The lowest BCUT2D eigenvalue weighted by Gasteiger charge is -2.31. The quantitative estimate of drug-likeness (QED) is 0.276. The van der Waals surface area contributed by atoms with Crippen LogP contribution >= 0.6 is 11.3 Å². The molecule has 0 bridgehead atoms. The summed E-state index contributed by atoms with van der Waals surface area (Å²) in [5, 5.41) is 13.1. The predicted molar refractivity (Wildman–Crippen MR) is 177 cm³/mol. The number of aromatic nitrogens is 3. The zero-order valence-corrected chi connectivity index (χ0v) is 28.2. The number of hydrogen-bond donors (Lipinski definition) is 2. The second kappa shape index (κ2) is 14.7. The molecule has 2 saturated heterocycles. The lowest BCUT2D eigenvalue weighted by molar-refractivity contribution is -0.122. The van der Waals surface area contributed by atoms with Crippen molar-refractivity contribution >= 4 is 43.4 Å². The number of piperidine rings is 2. The number of thiazole rings is 1. The fourth-order valence-electron chi connectivity index (χ4n) is 5.88. The third-order valence-corrected chi connectivity index (χ3v) is 11.3. The highest BCUT2D eigenvalue weighted by Crippen LogP contribution is 2.35. The molecule has 0 aliphatic carbocycles. The molecule has 2 aromatic heterocycles. The molecule has 2 aliphatic rings. The Morgan fingerprint density at radius 1 is 1.11 bits per heavy atom. The average molecular weight is 659 g/mol. The molecule has 0 radical (unpaired) electrons. The lowest BCUT2D eigenvalue weighted by atomic mass is 9.90. The maximum atomic E-state index is 12.9. The van der Waals surface area contributed by atoms with Gasteiger partial charge in [-0.2, -0.15) is 0 Å². The number of nitrogens with zero attached hydrogens (tertiary/aromatic N) is 5. The summed E-state index contributed by atoms with van der Waals surface area (Å²) in [5.74, 6) is 0.764. The Bertz CT molecular complexity index is 1520. The Kier molecular flexibility index (Phi) is 10.9. The van der Waals surface area contributed by atoms with Crippen molar-refractivity contribution in [1.29, 1.82) is 0 Å². The predicted octanol–water partition coefficient (Wildman–Crippen LogP) is 4.26. The minimum atomic E-state index is -3.43. The fraction of sp³-hybridized carbons (Fsp3) is 0.625. The molecule has 2 aliphatic heterocycles. The Morgan fingerprint density at radius 3 is 2.49 bits per heavy atom. The van der Waals surface area contributed by atoms with Crippen LogP contribution in [-0.2, 0) is 21.2 Å². The highest BCUT2D eigenvalue weighted by atomic mass is 32.2. The highest BCUT2D eigenvalue weighted by Gasteiger charge is 2.29. The summed E-state index contributed by atoms with van der Waals surface area (Å²) in [6, 6.07) is 6.34. The monoisotopic (exact) mass is 658 g/mol. The van der Waals surface area contributed by atoms with Crippen LogP contribution in [0.5, 0.6) is 5.19 Å². The summed E-state index contributed by atoms with van der Waals surface area (Å²) in [7, 11) is -3.43. The van der Waals surface area contributed by atoms with Crippen molar-refractivity contribution in [3.8, 4) is 5.19 Å². The van der Waals surface area contributed by atoms with Crippen LogP contribution in [0.2, 0.25) is 0 Å². The van der Waals surface area contributed by atoms with E-state index >= 15 is 0 Å². The molecule has 2 N–H and O–H groups in total. The van der Waals surface area contributed by atoms with Crippen LogP contribution in [0.1, 0.15) is 82.8 Å². The van der Waals surface area contributed by atoms with Gasteiger partial charge < -0.3 is 20.1 Å². The molecule has 4 heterocycles. The van der Waals surface area contributed by atoms with Crippen molar-refractivity contribution in [2.45, 2.75) is 89.8 Å². The van der Waals surface area contributed by atoms with Crippen molar-refractivity contribution in [3.05, 3.63) is 41.7 Å². The van der Waals surface area contributed by atoms with E-state index in [4.69, 9.17) is 9.72 Å². The summed E-state index contributed by atoms with van der Waals surface area (Å²) in [4.78, 5) is 28.1. The van der Waals surface area contributed by atoms with E-state index in [0.29, 0.717) is 18.3 Å². The standard InChI is InChI=1S/C32H46N6O5S2/c1-4-6-23-20-33-30(34-21-23)37-14-12-26(13-15-37)43-31-36-27-9-8-25(19-28(27)44-31)24-10-16-38(17-11-24)45(41,42)18-5-7-29(39)35-22-32(2,3)40/h8-9,19-21,24,26,40H,4-7,10-18,22H2,1-3H3,(H,35,39). The number of fused-ring (bicyclic) bond motifs is 1. The van der Waals surface area contributed by atoms with Gasteiger partial charge in [0, 0.05) is 64.4 Å². The molecule has 2 fully saturated rings. The van der Waals surface area contributed by atoms with Crippen LogP contribution in [-0.4, -0.2) is 88.9 Å². The van der Waals surface area contributed by atoms with Gasteiger partial charge in [0.25, 0.3) is 5.19 Å². The van der Waals surface area contributed by atoms with E-state index in [1.807, 2.05) is 18.5 Å². The Morgan fingerprint density at radius 2 is 1.82 bits per heavy atom. The van der Waals surface area contributed by atoms with E-state index in [2.05, 4.69) is 39.2 Å². The highest BCUT2D eigenvalue weighted by molar-refractivity contribution is 7.89. The summed E-state index contributed by atoms with van der Waals surface area (Å²) >= 11 is 1.57. The summed E-state index contributed by atoms with van der Waals surface area (Å²) in [5.41, 5.74) is 2.30. The molecule has 0 spiro atoms. The Labute approximate surface area is 270 Å². The molecular formula is C32H46N6O5S2. The van der Waals surface area contributed by atoms with Crippen molar-refractivity contribution < 1.29 is 23.1 Å². The zero-order chi connectivity index (χ0) is 32.0. The molecule has 1 aromatic carbocycles. The van der Waals surface area contributed by atoms with E-state index in [0.717, 1.165) is 67.8 Å². The minimum Gasteiger partial charge on any atom is -0.467 e. The minimum absolute atomic E-state index is 0.0534. The van der Waals surface area contributed by atoms with Gasteiger partial charge in [0.2, 0.25) is 21.9 Å². The maximum absolute atomic E-state index is 12.9. The summed E-state index contributed by atoms with van der Waals surface area (Å²) in [6.07, 6.45) is 9.71. The number of amides is 1. The van der Waals surface area contributed by atoms with Gasteiger partial charge in [-0.25, -0.2) is 27.7 Å². The number of ether oxygens (including phenoxy) is 1. The number of aliphatic hydroxyl groups is 1. The van der Waals surface area contributed by atoms with E-state index in [1.54, 1.807) is 29.5 Å². The SMILES string of the molecule is CCCc1cnc(N2CCC(Oc3nc4ccc(C5CCN(S(=O)(=O)CCCC(=O)NCC(C)(C)O)CC5)cc4s3)CC2)nc1. The van der Waals surface area contributed by atoms with Crippen LogP contribution in [0.3, 0.4) is 0 Å². The number of nitrogens with one attached hydrogen (secondary N) is 1. The Hall–Kier alpha value is -2.87. The molecular weight excluding hydrogens is 613 g/mol. The number of carbonyl (C=O) groups is 1. The zero-order valence-electron chi connectivity index (χ0n) is 26.6. The van der Waals surface area contributed by atoms with Gasteiger partial charge in [0.15, 0.2) is 0 Å². The van der Waals surface area contributed by atoms with Crippen LogP contribution < -0.4 is 15.0 Å². The fourth-order valence-corrected chi connectivity index (χ4v) is 8.35. The van der Waals surface area contributed by atoms with Gasteiger partial charge in [0.05, 0.1) is 21.6 Å². The molecule has 246 valence electrons. The number of rotatable bonds is 13. The van der Waals surface area contributed by atoms with Crippen molar-refractivity contribution in [1.82, 2.24) is 24.6 Å². The van der Waals surface area contributed by atoms with Gasteiger partial charge in [-0.3, -0.25) is 4.79 Å². The summed E-state index contributed by atoms with van der Waals surface area (Å²) < 4.78 is 34.8. The largest absolute Gasteiger partial charge is 0.467 e. The third-order valence-electron chi connectivity index (χ3n) is 8.46. The summed E-state index contributed by atoms with van der Waals surface area (Å²) in [6.45, 7) is 8.15. The van der Waals surface area contributed by atoms with E-state index in [-0.39, 0.29) is 43.1 Å². The van der Waals surface area contributed by atoms with Gasteiger partial charge in [-0.1, -0.05) is 30.7 Å². The van der Waals surface area contributed by atoms with E-state index in [9.17, 15) is 18.3 Å². The average Bonchev–Trinajstić information content (AvgIpc) is 3.42. The van der Waals surface area contributed by atoms with Gasteiger partial charge in [-0.15, -0.1) is 0 Å². The van der Waals surface area contributed by atoms with Gasteiger partial charge in [-0.05, 0) is 68.7 Å². The van der Waals surface area contributed by atoms with Crippen LogP contribution in [0.15, 0.2) is 30.6 Å². The first-order valence-electron chi connectivity index (χ1n) is 16.1. The van der Waals surface area contributed by atoms with Gasteiger partial charge in [0.1, 0.15) is 6.10 Å². The smallest absolute Gasteiger partial charge is 0.274 e.